The lowest BCUT2D eigenvalue weighted by Crippen LogP contribution is -2.08. The molecular formula is C12H13NO4. The van der Waals surface area contributed by atoms with Crippen molar-refractivity contribution in [1.29, 1.82) is 0 Å². The lowest BCUT2D eigenvalue weighted by Gasteiger charge is -2.08. The SMILES string of the molecule is CC(CC(=O)O)c1ccc2c(c1)oc(=O)n2C. The predicted octanol–water partition coefficient (Wildman–Crippen LogP) is 1.71. The van der Waals surface area contributed by atoms with Gasteiger partial charge in [-0.15, -0.1) is 0 Å². The second-order valence-electron chi connectivity index (χ2n) is 4.15. The van der Waals surface area contributed by atoms with Crippen LogP contribution in [0.4, 0.5) is 0 Å². The van der Waals surface area contributed by atoms with E-state index in [1.807, 2.05) is 13.0 Å². The number of aryl methyl sites for hydroxylation is 1. The Kier molecular flexibility index (Phi) is 2.75. The van der Waals surface area contributed by atoms with Crippen LogP contribution in [0.3, 0.4) is 0 Å². The molecule has 1 aromatic carbocycles. The third kappa shape index (κ3) is 2.08. The Hall–Kier alpha value is -2.04. The number of aliphatic carboxylic acids is 1. The summed E-state index contributed by atoms with van der Waals surface area (Å²) >= 11 is 0. The van der Waals surface area contributed by atoms with E-state index in [1.54, 1.807) is 19.2 Å². The number of fused-ring (bicyclic) bond motifs is 1. The number of hydrogen-bond donors (Lipinski definition) is 1. The number of carboxylic acids is 1. The van der Waals surface area contributed by atoms with Crippen molar-refractivity contribution in [1.82, 2.24) is 4.57 Å². The molecule has 0 saturated carbocycles. The van der Waals surface area contributed by atoms with Crippen LogP contribution in [-0.4, -0.2) is 15.6 Å². The number of hydrogen-bond acceptors (Lipinski definition) is 3. The van der Waals surface area contributed by atoms with E-state index in [-0.39, 0.29) is 12.3 Å². The summed E-state index contributed by atoms with van der Waals surface area (Å²) < 4.78 is 6.47. The van der Waals surface area contributed by atoms with Crippen molar-refractivity contribution in [2.45, 2.75) is 19.3 Å². The van der Waals surface area contributed by atoms with Crippen LogP contribution >= 0.6 is 0 Å². The summed E-state index contributed by atoms with van der Waals surface area (Å²) in [6.07, 6.45) is 0.0581. The average Bonchev–Trinajstić information content (AvgIpc) is 2.53. The normalized spacial score (nSPS) is 12.8. The van der Waals surface area contributed by atoms with Crippen molar-refractivity contribution in [3.8, 4) is 0 Å². The van der Waals surface area contributed by atoms with E-state index < -0.39 is 11.7 Å². The Bertz CT molecular complexity index is 623. The van der Waals surface area contributed by atoms with Crippen LogP contribution in [0.1, 0.15) is 24.8 Å². The topological polar surface area (TPSA) is 72.4 Å². The number of rotatable bonds is 3. The van der Waals surface area contributed by atoms with E-state index in [1.165, 1.54) is 4.57 Å². The predicted molar refractivity (Wildman–Crippen MR) is 62.1 cm³/mol. The van der Waals surface area contributed by atoms with Crippen molar-refractivity contribution in [3.05, 3.63) is 34.3 Å². The van der Waals surface area contributed by atoms with Gasteiger partial charge in [0.15, 0.2) is 5.58 Å². The number of carbonyl (C=O) groups is 1. The largest absolute Gasteiger partial charge is 0.481 e. The molecule has 0 amide bonds. The van der Waals surface area contributed by atoms with Crippen LogP contribution in [0.15, 0.2) is 27.4 Å². The van der Waals surface area contributed by atoms with Gasteiger partial charge < -0.3 is 9.52 Å². The maximum atomic E-state index is 11.3. The molecule has 17 heavy (non-hydrogen) atoms. The molecular weight excluding hydrogens is 222 g/mol. The first kappa shape index (κ1) is 11.4. The molecule has 0 aliphatic rings. The van der Waals surface area contributed by atoms with Gasteiger partial charge in [-0.2, -0.15) is 0 Å². The fraction of sp³-hybridized carbons (Fsp3) is 0.333. The summed E-state index contributed by atoms with van der Waals surface area (Å²) in [5, 5.41) is 8.73. The van der Waals surface area contributed by atoms with Crippen LogP contribution in [0.25, 0.3) is 11.1 Å². The van der Waals surface area contributed by atoms with Gasteiger partial charge in [-0.05, 0) is 23.6 Å². The summed E-state index contributed by atoms with van der Waals surface area (Å²) in [6.45, 7) is 1.83. The number of carboxylic acid groups (broad SMARTS) is 1. The second kappa shape index (κ2) is 4.08. The molecule has 0 bridgehead atoms. The van der Waals surface area contributed by atoms with Gasteiger partial charge in [0.2, 0.25) is 0 Å². The van der Waals surface area contributed by atoms with E-state index in [4.69, 9.17) is 9.52 Å². The van der Waals surface area contributed by atoms with Crippen molar-refractivity contribution >= 4 is 17.1 Å². The zero-order valence-electron chi connectivity index (χ0n) is 9.64. The maximum Gasteiger partial charge on any atom is 0.419 e. The molecule has 1 aromatic heterocycles. The van der Waals surface area contributed by atoms with Gasteiger partial charge in [0.05, 0.1) is 11.9 Å². The number of oxazole rings is 1. The van der Waals surface area contributed by atoms with Gasteiger partial charge in [-0.3, -0.25) is 9.36 Å². The molecule has 2 aromatic rings. The first-order chi connectivity index (χ1) is 7.99. The summed E-state index contributed by atoms with van der Waals surface area (Å²) in [4.78, 5) is 21.9. The molecule has 0 radical (unpaired) electrons. The fourth-order valence-corrected chi connectivity index (χ4v) is 1.84. The first-order valence-electron chi connectivity index (χ1n) is 5.30. The molecule has 1 atom stereocenters. The highest BCUT2D eigenvalue weighted by Gasteiger charge is 2.13. The average molecular weight is 235 g/mol. The molecule has 1 N–H and O–H groups in total. The minimum absolute atomic E-state index is 0.0581. The van der Waals surface area contributed by atoms with Gasteiger partial charge in [0.25, 0.3) is 0 Å². The molecule has 0 aliphatic carbocycles. The zero-order chi connectivity index (χ0) is 12.6. The van der Waals surface area contributed by atoms with E-state index in [0.29, 0.717) is 11.1 Å². The van der Waals surface area contributed by atoms with Gasteiger partial charge in [0, 0.05) is 7.05 Å². The van der Waals surface area contributed by atoms with Gasteiger partial charge in [-0.25, -0.2) is 4.79 Å². The first-order valence-corrected chi connectivity index (χ1v) is 5.30. The van der Waals surface area contributed by atoms with Crippen LogP contribution in [-0.2, 0) is 11.8 Å². The Morgan fingerprint density at radius 1 is 1.53 bits per heavy atom. The van der Waals surface area contributed by atoms with Crippen molar-refractivity contribution in [2.24, 2.45) is 7.05 Å². The maximum absolute atomic E-state index is 11.3. The fourth-order valence-electron chi connectivity index (χ4n) is 1.84. The monoisotopic (exact) mass is 235 g/mol. The molecule has 0 aliphatic heterocycles. The summed E-state index contributed by atoms with van der Waals surface area (Å²) in [5.74, 6) is -1.36. The smallest absolute Gasteiger partial charge is 0.419 e. The molecule has 1 unspecified atom stereocenters. The standard InChI is InChI=1S/C12H13NO4/c1-7(5-11(14)15)8-3-4-9-10(6-8)17-12(16)13(9)2/h3-4,6-7H,5H2,1-2H3,(H,14,15). The molecule has 5 nitrogen and oxygen atoms in total. The summed E-state index contributed by atoms with van der Waals surface area (Å²) in [5.41, 5.74) is 2.06. The Morgan fingerprint density at radius 3 is 2.88 bits per heavy atom. The van der Waals surface area contributed by atoms with E-state index in [9.17, 15) is 9.59 Å². The quantitative estimate of drug-likeness (QED) is 0.878. The van der Waals surface area contributed by atoms with Crippen molar-refractivity contribution in [3.63, 3.8) is 0 Å². The van der Waals surface area contributed by atoms with Crippen LogP contribution in [0.5, 0.6) is 0 Å². The molecule has 0 spiro atoms. The highest BCUT2D eigenvalue weighted by atomic mass is 16.4. The molecule has 2 rings (SSSR count). The zero-order valence-corrected chi connectivity index (χ0v) is 9.64. The molecule has 0 saturated heterocycles. The highest BCUT2D eigenvalue weighted by Crippen LogP contribution is 2.23. The third-order valence-electron chi connectivity index (χ3n) is 2.87. The minimum atomic E-state index is -0.841. The van der Waals surface area contributed by atoms with Crippen LogP contribution < -0.4 is 5.76 Å². The van der Waals surface area contributed by atoms with E-state index in [2.05, 4.69) is 0 Å². The van der Waals surface area contributed by atoms with Crippen LogP contribution in [0.2, 0.25) is 0 Å². The van der Waals surface area contributed by atoms with Crippen molar-refractivity contribution in [2.75, 3.05) is 0 Å². The molecule has 90 valence electrons. The number of nitrogens with zero attached hydrogens (tertiary/aromatic N) is 1. The van der Waals surface area contributed by atoms with Gasteiger partial charge in [-0.1, -0.05) is 13.0 Å². The summed E-state index contributed by atoms with van der Waals surface area (Å²) in [6, 6.07) is 5.32. The third-order valence-corrected chi connectivity index (χ3v) is 2.87. The highest BCUT2D eigenvalue weighted by molar-refractivity contribution is 5.74. The van der Waals surface area contributed by atoms with E-state index in [0.717, 1.165) is 5.56 Å². The number of aromatic nitrogens is 1. The molecule has 1 heterocycles. The van der Waals surface area contributed by atoms with E-state index >= 15 is 0 Å². The second-order valence-corrected chi connectivity index (χ2v) is 4.15. The minimum Gasteiger partial charge on any atom is -0.481 e. The lowest BCUT2D eigenvalue weighted by molar-refractivity contribution is -0.137. The number of benzene rings is 1. The van der Waals surface area contributed by atoms with Crippen molar-refractivity contribution < 1.29 is 14.3 Å². The Balaban J connectivity index is 2.44. The summed E-state index contributed by atoms with van der Waals surface area (Å²) in [7, 11) is 1.63. The van der Waals surface area contributed by atoms with Gasteiger partial charge >= 0.3 is 11.7 Å². The lowest BCUT2D eigenvalue weighted by atomic mass is 9.98. The Labute approximate surface area is 97.3 Å². The molecule has 5 heteroatoms. The molecule has 0 fully saturated rings. The van der Waals surface area contributed by atoms with Gasteiger partial charge in [0.1, 0.15) is 0 Å². The Morgan fingerprint density at radius 2 is 2.24 bits per heavy atom. The van der Waals surface area contributed by atoms with Crippen LogP contribution in [0, 0.1) is 0 Å².